The predicted octanol–water partition coefficient (Wildman–Crippen LogP) is 4.00. The molecule has 0 saturated carbocycles. The maximum atomic E-state index is 6.31. The molecule has 1 aromatic heterocycles. The molecule has 0 atom stereocenters. The average Bonchev–Trinajstić information content (AvgIpc) is 2.49. The van der Waals surface area contributed by atoms with Crippen LogP contribution in [0.4, 0.5) is 5.69 Å². The first kappa shape index (κ1) is 11.5. The Morgan fingerprint density at radius 3 is 2.16 bits per heavy atom. The van der Waals surface area contributed by atoms with Crippen LogP contribution < -0.4 is 5.73 Å². The van der Waals surface area contributed by atoms with Gasteiger partial charge in [-0.15, -0.1) is 0 Å². The van der Waals surface area contributed by atoms with Gasteiger partial charge in [0.15, 0.2) is 0 Å². The number of aromatic nitrogens is 1. The molecule has 0 aliphatic rings. The van der Waals surface area contributed by atoms with Crippen molar-refractivity contribution >= 4 is 5.69 Å². The van der Waals surface area contributed by atoms with E-state index >= 15 is 0 Å². The van der Waals surface area contributed by atoms with Gasteiger partial charge in [0.1, 0.15) is 0 Å². The zero-order valence-corrected chi connectivity index (χ0v) is 10.5. The Kier molecular flexibility index (Phi) is 2.99. The van der Waals surface area contributed by atoms with Crippen LogP contribution in [0.2, 0.25) is 0 Å². The van der Waals surface area contributed by atoms with Crippen LogP contribution in [-0.4, -0.2) is 4.98 Å². The van der Waals surface area contributed by atoms with Crippen molar-refractivity contribution in [2.24, 2.45) is 0 Å². The molecule has 0 amide bonds. The second-order valence-corrected chi connectivity index (χ2v) is 4.35. The lowest BCUT2D eigenvalue weighted by atomic mass is 9.99. The van der Waals surface area contributed by atoms with E-state index in [1.165, 1.54) is 0 Å². The van der Waals surface area contributed by atoms with Crippen molar-refractivity contribution in [3.63, 3.8) is 0 Å². The molecule has 2 aromatic carbocycles. The zero-order valence-electron chi connectivity index (χ0n) is 10.5. The Balaban J connectivity index is 2.15. The topological polar surface area (TPSA) is 38.9 Å². The standard InChI is InChI=1S/C17H14N2/c18-17-14(13-7-2-1-3-8-13)9-6-10-15(17)16-11-4-5-12-19-16/h1-12H,18H2. The van der Waals surface area contributed by atoms with Crippen LogP contribution in [-0.2, 0) is 0 Å². The predicted molar refractivity (Wildman–Crippen MR) is 79.5 cm³/mol. The van der Waals surface area contributed by atoms with Gasteiger partial charge in [0.2, 0.25) is 0 Å². The van der Waals surface area contributed by atoms with Crippen LogP contribution in [0.15, 0.2) is 72.9 Å². The second kappa shape index (κ2) is 4.94. The van der Waals surface area contributed by atoms with Gasteiger partial charge >= 0.3 is 0 Å². The summed E-state index contributed by atoms with van der Waals surface area (Å²) in [4.78, 5) is 4.36. The minimum atomic E-state index is 0.771. The van der Waals surface area contributed by atoms with Crippen molar-refractivity contribution in [1.82, 2.24) is 4.98 Å². The third-order valence-corrected chi connectivity index (χ3v) is 3.13. The molecule has 0 aliphatic carbocycles. The van der Waals surface area contributed by atoms with Gasteiger partial charge in [0, 0.05) is 23.0 Å². The molecule has 3 rings (SSSR count). The minimum absolute atomic E-state index is 0.771. The van der Waals surface area contributed by atoms with E-state index in [9.17, 15) is 0 Å². The number of para-hydroxylation sites is 1. The Morgan fingerprint density at radius 2 is 1.42 bits per heavy atom. The van der Waals surface area contributed by atoms with E-state index in [1.54, 1.807) is 6.20 Å². The maximum absolute atomic E-state index is 6.31. The van der Waals surface area contributed by atoms with Crippen LogP contribution in [0.1, 0.15) is 0 Å². The lowest BCUT2D eigenvalue weighted by Gasteiger charge is -2.10. The summed E-state index contributed by atoms with van der Waals surface area (Å²) in [5, 5.41) is 0. The number of pyridine rings is 1. The molecule has 0 bridgehead atoms. The van der Waals surface area contributed by atoms with Crippen LogP contribution in [0.25, 0.3) is 22.4 Å². The number of benzene rings is 2. The molecule has 0 saturated heterocycles. The summed E-state index contributed by atoms with van der Waals surface area (Å²) in [5.41, 5.74) is 11.1. The van der Waals surface area contributed by atoms with Crippen molar-refractivity contribution in [3.05, 3.63) is 72.9 Å². The lowest BCUT2D eigenvalue weighted by molar-refractivity contribution is 1.33. The average molecular weight is 246 g/mol. The van der Waals surface area contributed by atoms with Crippen LogP contribution in [0, 0.1) is 0 Å². The highest BCUT2D eigenvalue weighted by molar-refractivity contribution is 5.87. The summed E-state index contributed by atoms with van der Waals surface area (Å²) in [7, 11) is 0. The number of nitrogen functional groups attached to an aromatic ring is 1. The molecule has 0 spiro atoms. The number of rotatable bonds is 2. The summed E-state index contributed by atoms with van der Waals surface area (Å²) < 4.78 is 0. The molecule has 92 valence electrons. The van der Waals surface area contributed by atoms with E-state index in [4.69, 9.17) is 5.73 Å². The molecule has 0 aliphatic heterocycles. The number of anilines is 1. The molecule has 1 heterocycles. The van der Waals surface area contributed by atoms with Gasteiger partial charge in [0.25, 0.3) is 0 Å². The quantitative estimate of drug-likeness (QED) is 0.694. The summed E-state index contributed by atoms with van der Waals surface area (Å²) in [5.74, 6) is 0. The molecule has 2 heteroatoms. The third-order valence-electron chi connectivity index (χ3n) is 3.13. The molecule has 0 unspecified atom stereocenters. The normalized spacial score (nSPS) is 10.3. The van der Waals surface area contributed by atoms with Gasteiger partial charge in [-0.2, -0.15) is 0 Å². The smallest absolute Gasteiger partial charge is 0.0722 e. The largest absolute Gasteiger partial charge is 0.398 e. The number of hydrogen-bond donors (Lipinski definition) is 1. The van der Waals surface area contributed by atoms with Crippen molar-refractivity contribution in [2.45, 2.75) is 0 Å². The fourth-order valence-electron chi connectivity index (χ4n) is 2.18. The SMILES string of the molecule is Nc1c(-c2ccccc2)cccc1-c1ccccn1. The summed E-state index contributed by atoms with van der Waals surface area (Å²) >= 11 is 0. The van der Waals surface area contributed by atoms with Crippen molar-refractivity contribution in [2.75, 3.05) is 5.73 Å². The van der Waals surface area contributed by atoms with E-state index in [1.807, 2.05) is 54.6 Å². The van der Waals surface area contributed by atoms with Crippen molar-refractivity contribution in [3.8, 4) is 22.4 Å². The van der Waals surface area contributed by atoms with Gasteiger partial charge in [-0.1, -0.05) is 54.6 Å². The highest BCUT2D eigenvalue weighted by Crippen LogP contribution is 2.33. The molecular formula is C17H14N2. The Hall–Kier alpha value is -2.61. The van der Waals surface area contributed by atoms with Gasteiger partial charge in [0.05, 0.1) is 5.69 Å². The third kappa shape index (κ3) is 2.20. The maximum Gasteiger partial charge on any atom is 0.0722 e. The number of hydrogen-bond acceptors (Lipinski definition) is 2. The van der Waals surface area contributed by atoms with E-state index in [-0.39, 0.29) is 0 Å². The van der Waals surface area contributed by atoms with Crippen molar-refractivity contribution < 1.29 is 0 Å². The summed E-state index contributed by atoms with van der Waals surface area (Å²) in [6, 6.07) is 22.1. The monoisotopic (exact) mass is 246 g/mol. The second-order valence-electron chi connectivity index (χ2n) is 4.35. The molecule has 0 fully saturated rings. The number of nitrogens with zero attached hydrogens (tertiary/aromatic N) is 1. The minimum Gasteiger partial charge on any atom is -0.398 e. The molecule has 2 nitrogen and oxygen atoms in total. The zero-order chi connectivity index (χ0) is 13.1. The van der Waals surface area contributed by atoms with E-state index < -0.39 is 0 Å². The van der Waals surface area contributed by atoms with Crippen LogP contribution >= 0.6 is 0 Å². The van der Waals surface area contributed by atoms with Crippen LogP contribution in [0.3, 0.4) is 0 Å². The fourth-order valence-corrected chi connectivity index (χ4v) is 2.18. The molecule has 3 aromatic rings. The Bertz CT molecular complexity index is 618. The Labute approximate surface area is 112 Å². The summed E-state index contributed by atoms with van der Waals surface area (Å²) in [6.07, 6.45) is 1.78. The van der Waals surface area contributed by atoms with E-state index in [0.717, 1.165) is 28.1 Å². The number of nitrogens with two attached hydrogens (primary N) is 1. The molecular weight excluding hydrogens is 232 g/mol. The van der Waals surface area contributed by atoms with E-state index in [0.29, 0.717) is 0 Å². The molecule has 0 radical (unpaired) electrons. The highest BCUT2D eigenvalue weighted by Gasteiger charge is 2.08. The van der Waals surface area contributed by atoms with Crippen LogP contribution in [0.5, 0.6) is 0 Å². The molecule has 19 heavy (non-hydrogen) atoms. The van der Waals surface area contributed by atoms with Crippen molar-refractivity contribution in [1.29, 1.82) is 0 Å². The highest BCUT2D eigenvalue weighted by atomic mass is 14.7. The molecule has 2 N–H and O–H groups in total. The fraction of sp³-hybridized carbons (Fsp3) is 0. The first-order valence-corrected chi connectivity index (χ1v) is 6.21. The van der Waals surface area contributed by atoms with Gasteiger partial charge in [-0.3, -0.25) is 4.98 Å². The lowest BCUT2D eigenvalue weighted by Crippen LogP contribution is -1.95. The first-order chi connectivity index (χ1) is 9.36. The summed E-state index contributed by atoms with van der Waals surface area (Å²) in [6.45, 7) is 0. The Morgan fingerprint density at radius 1 is 0.684 bits per heavy atom. The van der Waals surface area contributed by atoms with Gasteiger partial charge in [-0.25, -0.2) is 0 Å². The van der Waals surface area contributed by atoms with Gasteiger partial charge < -0.3 is 5.73 Å². The first-order valence-electron chi connectivity index (χ1n) is 6.21. The van der Waals surface area contributed by atoms with E-state index in [2.05, 4.69) is 17.1 Å². The van der Waals surface area contributed by atoms with Gasteiger partial charge in [-0.05, 0) is 17.7 Å².